The lowest BCUT2D eigenvalue weighted by atomic mass is 9.40. The Morgan fingerprint density at radius 2 is 1.30 bits per heavy atom. The number of hydrogen-bond acceptors (Lipinski definition) is 6. The first-order valence-electron chi connectivity index (χ1n) is 25.3. The summed E-state index contributed by atoms with van der Waals surface area (Å²) in [5.41, 5.74) is 0.730. The Morgan fingerprint density at radius 1 is 0.705 bits per heavy atom. The van der Waals surface area contributed by atoms with Gasteiger partial charge in [0.1, 0.15) is 5.78 Å². The van der Waals surface area contributed by atoms with Gasteiger partial charge in [0.15, 0.2) is 5.78 Å². The zero-order valence-electron chi connectivity index (χ0n) is 39.0. The summed E-state index contributed by atoms with van der Waals surface area (Å²) in [7, 11) is 0. The lowest BCUT2D eigenvalue weighted by molar-refractivity contribution is -0.181. The van der Waals surface area contributed by atoms with Crippen LogP contribution in [0.2, 0.25) is 0 Å². The predicted octanol–water partition coefficient (Wildman–Crippen LogP) is 10.4. The Hall–Kier alpha value is -2.06. The number of ketones is 2. The third-order valence-corrected chi connectivity index (χ3v) is 21.9. The van der Waals surface area contributed by atoms with Crippen molar-refractivity contribution in [1.29, 1.82) is 0 Å². The van der Waals surface area contributed by atoms with Gasteiger partial charge in [0, 0.05) is 30.6 Å². The number of aliphatic hydroxyl groups excluding tert-OH is 2. The molecule has 8 aliphatic rings. The number of Topliss-reactive ketones (excluding diaryl/α,β-unsaturated/α-hetero) is 2. The molecular formula is C53H82O8. The molecule has 0 aromatic rings. The van der Waals surface area contributed by atoms with E-state index in [4.69, 9.17) is 0 Å². The molecule has 0 amide bonds. The second-order valence-electron chi connectivity index (χ2n) is 24.2. The number of carboxylic acid groups (broad SMARTS) is 2. The topological polar surface area (TPSA) is 149 Å². The molecule has 8 heteroatoms. The zero-order chi connectivity index (χ0) is 44.1. The fourth-order valence-electron chi connectivity index (χ4n) is 19.2. The molecule has 0 radical (unpaired) electrons. The van der Waals surface area contributed by atoms with Crippen LogP contribution in [0, 0.1) is 110 Å². The van der Waals surface area contributed by atoms with E-state index in [0.29, 0.717) is 60.9 Å². The fraction of sp³-hybridized carbons (Fsp3) is 0.887. The summed E-state index contributed by atoms with van der Waals surface area (Å²) in [6, 6.07) is 0. The molecule has 12 unspecified atom stereocenters. The zero-order valence-corrected chi connectivity index (χ0v) is 39.0. The van der Waals surface area contributed by atoms with Crippen molar-refractivity contribution in [3.05, 3.63) is 11.6 Å². The molecule has 342 valence electrons. The molecule has 8 fully saturated rings. The van der Waals surface area contributed by atoms with Gasteiger partial charge < -0.3 is 20.4 Å². The van der Waals surface area contributed by atoms with Crippen LogP contribution in [-0.2, 0) is 19.2 Å². The number of carboxylic acids is 2. The smallest absolute Gasteiger partial charge is 0.303 e. The van der Waals surface area contributed by atoms with Crippen LogP contribution < -0.4 is 0 Å². The summed E-state index contributed by atoms with van der Waals surface area (Å²) in [6.45, 7) is 18.5. The summed E-state index contributed by atoms with van der Waals surface area (Å²) in [4.78, 5) is 53.6. The van der Waals surface area contributed by atoms with Gasteiger partial charge >= 0.3 is 11.9 Å². The third-order valence-electron chi connectivity index (χ3n) is 21.9. The van der Waals surface area contributed by atoms with Crippen molar-refractivity contribution < 1.29 is 39.6 Å². The van der Waals surface area contributed by atoms with E-state index in [1.165, 1.54) is 0 Å². The Labute approximate surface area is 367 Å². The monoisotopic (exact) mass is 847 g/mol. The molecule has 0 aliphatic heterocycles. The first-order chi connectivity index (χ1) is 28.7. The molecule has 0 bridgehead atoms. The van der Waals surface area contributed by atoms with E-state index in [2.05, 4.69) is 54.5 Å². The van der Waals surface area contributed by atoms with Gasteiger partial charge in [-0.15, -0.1) is 0 Å². The average Bonchev–Trinajstić information content (AvgIpc) is 3.71. The Kier molecular flexibility index (Phi) is 12.3. The van der Waals surface area contributed by atoms with Gasteiger partial charge in [-0.1, -0.05) is 54.5 Å². The number of rotatable bonds is 11. The average molecular weight is 847 g/mol. The number of carbonyl (C=O) groups is 4. The first kappa shape index (κ1) is 45.5. The molecule has 21 atom stereocenters. The molecule has 8 nitrogen and oxygen atoms in total. The first-order valence-corrected chi connectivity index (χ1v) is 25.3. The lowest BCUT2D eigenvalue weighted by Crippen LogP contribution is -2.62. The number of hydrogen-bond donors (Lipinski definition) is 4. The highest BCUT2D eigenvalue weighted by atomic mass is 16.4. The molecule has 8 aliphatic carbocycles. The molecule has 61 heavy (non-hydrogen) atoms. The maximum atomic E-state index is 15.2. The second kappa shape index (κ2) is 16.4. The van der Waals surface area contributed by atoms with Gasteiger partial charge in [0.05, 0.1) is 12.2 Å². The number of aliphatic carboxylic acids is 2. The summed E-state index contributed by atoms with van der Waals surface area (Å²) in [5.74, 6) is 1.95. The molecule has 8 rings (SSSR count). The Bertz CT molecular complexity index is 1750. The Balaban J connectivity index is 1.11. The van der Waals surface area contributed by atoms with Crippen molar-refractivity contribution in [2.24, 2.45) is 110 Å². The molecule has 0 spiro atoms. The molecule has 0 aromatic heterocycles. The van der Waals surface area contributed by atoms with E-state index in [1.54, 1.807) is 0 Å². The molecule has 8 saturated carbocycles. The summed E-state index contributed by atoms with van der Waals surface area (Å²) in [5, 5.41) is 42.6. The maximum absolute atomic E-state index is 15.2. The van der Waals surface area contributed by atoms with Crippen molar-refractivity contribution >= 4 is 23.5 Å². The van der Waals surface area contributed by atoms with Gasteiger partial charge in [-0.25, -0.2) is 0 Å². The van der Waals surface area contributed by atoms with Gasteiger partial charge in [-0.3, -0.25) is 19.2 Å². The largest absolute Gasteiger partial charge is 0.481 e. The maximum Gasteiger partial charge on any atom is 0.303 e. The van der Waals surface area contributed by atoms with E-state index in [0.717, 1.165) is 82.6 Å². The molecule has 0 heterocycles. The Morgan fingerprint density at radius 3 is 1.92 bits per heavy atom. The number of carbonyl (C=O) groups excluding carboxylic acids is 2. The van der Waals surface area contributed by atoms with E-state index in [9.17, 15) is 34.8 Å². The predicted molar refractivity (Wildman–Crippen MR) is 236 cm³/mol. The quantitative estimate of drug-likeness (QED) is 0.150. The SMILES string of the molecule is C/C=C1/C(=O)C2[C@@H]3C(CC4CC5(C)C(C[C@@H]4O)[C@H](CC)C(=O)C4[C@@H]6CCC([C@H](C)CCC(=O)O)C6(C)CC[C@@H]45)CC([C@H](C)CCC(=O)O)C3(C)CC[C@@H]2C2(C)CC[C@@H](O)CC12. The van der Waals surface area contributed by atoms with Crippen LogP contribution in [0.3, 0.4) is 0 Å². The van der Waals surface area contributed by atoms with Crippen LogP contribution in [-0.4, -0.2) is 56.1 Å². The van der Waals surface area contributed by atoms with Crippen LogP contribution in [0.1, 0.15) is 171 Å². The van der Waals surface area contributed by atoms with Crippen molar-refractivity contribution in [1.82, 2.24) is 0 Å². The minimum atomic E-state index is -0.753. The molecule has 4 N–H and O–H groups in total. The van der Waals surface area contributed by atoms with E-state index in [-0.39, 0.29) is 106 Å². The van der Waals surface area contributed by atoms with Gasteiger partial charge in [0.2, 0.25) is 0 Å². The molecular weight excluding hydrogens is 765 g/mol. The highest BCUT2D eigenvalue weighted by Gasteiger charge is 2.69. The normalized spacial score (nSPS) is 50.7. The van der Waals surface area contributed by atoms with Crippen molar-refractivity contribution in [3.8, 4) is 0 Å². The standard InChI is InChI=1S/C53H82O8/c1-9-33-40-25-32(54)17-20-51(40,6)38-19-22-52(7)39(29(4)12-16-44(58)59)24-30(47(52)46(38)49(33)61)23-31-27-53(8)37-18-21-50(5)35(28(3)11-15-43(56)57)13-14-36(50)45(37)48(60)34(10-2)41(53)26-42(31)55/h9,28-32,34-42,45-47,54-55H,10-27H2,1-8H3,(H,56,57)(H,58,59)/b33-9+/t28-,29-,30?,31?,32-,34+,35?,36+,37+,38+,39?,40?,41?,42+,45?,46?,47+,50?,51?,52?,53?/m1/s1. The van der Waals surface area contributed by atoms with Gasteiger partial charge in [0.25, 0.3) is 0 Å². The van der Waals surface area contributed by atoms with Crippen molar-refractivity contribution in [3.63, 3.8) is 0 Å². The number of aliphatic hydroxyl groups is 2. The summed E-state index contributed by atoms with van der Waals surface area (Å²) >= 11 is 0. The highest BCUT2D eigenvalue weighted by molar-refractivity contribution is 5.99. The molecule has 0 aromatic carbocycles. The fourth-order valence-corrected chi connectivity index (χ4v) is 19.2. The van der Waals surface area contributed by atoms with Crippen LogP contribution in [0.15, 0.2) is 11.6 Å². The summed E-state index contributed by atoms with van der Waals surface area (Å²) in [6.07, 6.45) is 15.7. The van der Waals surface area contributed by atoms with Crippen molar-refractivity contribution in [2.45, 2.75) is 183 Å². The third kappa shape index (κ3) is 7.09. The number of fused-ring (bicyclic) bond motifs is 10. The van der Waals surface area contributed by atoms with Gasteiger partial charge in [-0.05, 0) is 208 Å². The van der Waals surface area contributed by atoms with E-state index in [1.807, 2.05) is 6.92 Å². The van der Waals surface area contributed by atoms with E-state index < -0.39 is 18.0 Å². The van der Waals surface area contributed by atoms with Gasteiger partial charge in [-0.2, -0.15) is 0 Å². The minimum absolute atomic E-state index is 0.0210. The lowest BCUT2D eigenvalue weighted by Gasteiger charge is -2.63. The van der Waals surface area contributed by atoms with Crippen LogP contribution >= 0.6 is 0 Å². The minimum Gasteiger partial charge on any atom is -0.481 e. The van der Waals surface area contributed by atoms with Crippen LogP contribution in [0.4, 0.5) is 0 Å². The van der Waals surface area contributed by atoms with Crippen LogP contribution in [0.5, 0.6) is 0 Å². The molecule has 0 saturated heterocycles. The summed E-state index contributed by atoms with van der Waals surface area (Å²) < 4.78 is 0. The van der Waals surface area contributed by atoms with E-state index >= 15 is 4.79 Å². The number of allylic oxidation sites excluding steroid dienone is 2. The van der Waals surface area contributed by atoms with Crippen LogP contribution in [0.25, 0.3) is 0 Å². The van der Waals surface area contributed by atoms with Crippen molar-refractivity contribution in [2.75, 3.05) is 0 Å². The highest BCUT2D eigenvalue weighted by Crippen LogP contribution is 2.73. The second-order valence-corrected chi connectivity index (χ2v) is 24.2.